The van der Waals surface area contributed by atoms with Gasteiger partial charge in [0.15, 0.2) is 0 Å². The number of carbonyl (C=O) groups excluding carboxylic acids is 1. The van der Waals surface area contributed by atoms with Crippen LogP contribution in [0.2, 0.25) is 0 Å². The monoisotopic (exact) mass is 459 g/mol. The van der Waals surface area contributed by atoms with Crippen molar-refractivity contribution in [2.45, 2.75) is 38.5 Å². The number of nitrogens with zero attached hydrogens (tertiary/aromatic N) is 5. The third-order valence-electron chi connectivity index (χ3n) is 6.72. The van der Waals surface area contributed by atoms with E-state index in [0.717, 1.165) is 37.4 Å². The number of amides is 1. The summed E-state index contributed by atoms with van der Waals surface area (Å²) < 4.78 is 30.3. The van der Waals surface area contributed by atoms with Crippen molar-refractivity contribution >= 4 is 15.9 Å². The summed E-state index contributed by atoms with van der Waals surface area (Å²) in [7, 11) is -1.62. The van der Waals surface area contributed by atoms with Crippen LogP contribution in [0, 0.1) is 26.7 Å². The minimum absolute atomic E-state index is 0.0951. The highest BCUT2D eigenvalue weighted by atomic mass is 32.2. The molecule has 174 valence electrons. The van der Waals surface area contributed by atoms with Gasteiger partial charge in [-0.3, -0.25) is 4.79 Å². The highest BCUT2D eigenvalue weighted by Crippen LogP contribution is 2.30. The summed E-state index contributed by atoms with van der Waals surface area (Å²) in [6, 6.07) is 7.87. The number of rotatable bonds is 4. The Labute approximate surface area is 190 Å². The molecule has 4 rings (SSSR count). The van der Waals surface area contributed by atoms with Crippen LogP contribution in [0.1, 0.15) is 29.8 Å². The summed E-state index contributed by atoms with van der Waals surface area (Å²) in [5.74, 6) is 0.0806. The van der Waals surface area contributed by atoms with Gasteiger partial charge in [0.2, 0.25) is 15.9 Å². The molecule has 2 aliphatic rings. The molecule has 2 saturated heterocycles. The fourth-order valence-corrected chi connectivity index (χ4v) is 6.52. The average Bonchev–Trinajstić information content (AvgIpc) is 3.09. The van der Waals surface area contributed by atoms with E-state index in [1.165, 1.54) is 4.31 Å². The van der Waals surface area contributed by atoms with Gasteiger partial charge in [0.25, 0.3) is 0 Å². The lowest BCUT2D eigenvalue weighted by atomic mass is 9.96. The Morgan fingerprint density at radius 3 is 2.12 bits per heavy atom. The molecular weight excluding hydrogens is 426 g/mol. The molecule has 2 aliphatic heterocycles. The summed E-state index contributed by atoms with van der Waals surface area (Å²) in [4.78, 5) is 17.3. The minimum atomic E-state index is -3.68. The standard InChI is InChI=1S/C23H33N5O3S/c1-17-5-7-21(8-6-17)28-19(3)22(18(2)24-28)32(30,31)27-11-9-20(10-12-27)23(29)26-15-13-25(4)14-16-26/h5-8,20H,9-16H2,1-4H3. The van der Waals surface area contributed by atoms with E-state index in [-0.39, 0.29) is 16.7 Å². The van der Waals surface area contributed by atoms with Crippen molar-refractivity contribution in [3.63, 3.8) is 0 Å². The fraction of sp³-hybridized carbons (Fsp3) is 0.565. The maximum Gasteiger partial charge on any atom is 0.246 e. The van der Waals surface area contributed by atoms with Gasteiger partial charge in [0, 0.05) is 45.2 Å². The van der Waals surface area contributed by atoms with Gasteiger partial charge in [0.1, 0.15) is 4.90 Å². The maximum atomic E-state index is 13.5. The van der Waals surface area contributed by atoms with Gasteiger partial charge >= 0.3 is 0 Å². The number of hydrogen-bond donors (Lipinski definition) is 0. The molecule has 2 fully saturated rings. The molecule has 0 aliphatic carbocycles. The van der Waals surface area contributed by atoms with Crippen LogP contribution in [-0.4, -0.2) is 84.5 Å². The average molecular weight is 460 g/mol. The van der Waals surface area contributed by atoms with E-state index in [1.807, 2.05) is 36.1 Å². The lowest BCUT2D eigenvalue weighted by Gasteiger charge is -2.37. The van der Waals surface area contributed by atoms with Crippen LogP contribution in [0.3, 0.4) is 0 Å². The summed E-state index contributed by atoms with van der Waals surface area (Å²) in [5, 5.41) is 4.53. The topological polar surface area (TPSA) is 78.8 Å². The zero-order chi connectivity index (χ0) is 23.0. The Kier molecular flexibility index (Phi) is 6.42. The first-order valence-corrected chi connectivity index (χ1v) is 12.7. The molecule has 0 unspecified atom stereocenters. The van der Waals surface area contributed by atoms with E-state index in [4.69, 9.17) is 0 Å². The molecule has 0 saturated carbocycles. The molecule has 8 nitrogen and oxygen atoms in total. The number of benzene rings is 1. The SMILES string of the molecule is Cc1ccc(-n2nc(C)c(S(=O)(=O)N3CCC(C(=O)N4CCN(C)CC4)CC3)c2C)cc1. The number of likely N-dealkylation sites (N-methyl/N-ethyl adjacent to an activating group) is 1. The van der Waals surface area contributed by atoms with Crippen LogP contribution in [0.25, 0.3) is 5.69 Å². The third kappa shape index (κ3) is 4.33. The van der Waals surface area contributed by atoms with E-state index in [1.54, 1.807) is 18.5 Å². The van der Waals surface area contributed by atoms with Crippen molar-refractivity contribution in [3.8, 4) is 5.69 Å². The number of aromatic nitrogens is 2. The quantitative estimate of drug-likeness (QED) is 0.699. The van der Waals surface area contributed by atoms with Crippen LogP contribution in [0.15, 0.2) is 29.2 Å². The zero-order valence-corrected chi connectivity index (χ0v) is 20.2. The number of aryl methyl sites for hydroxylation is 2. The van der Waals surface area contributed by atoms with Gasteiger partial charge in [-0.2, -0.15) is 9.40 Å². The van der Waals surface area contributed by atoms with Crippen LogP contribution < -0.4 is 0 Å². The van der Waals surface area contributed by atoms with Crippen molar-refractivity contribution in [2.24, 2.45) is 5.92 Å². The normalized spacial score (nSPS) is 19.4. The molecule has 9 heteroatoms. The largest absolute Gasteiger partial charge is 0.340 e. The van der Waals surface area contributed by atoms with E-state index in [2.05, 4.69) is 17.0 Å². The van der Waals surface area contributed by atoms with Gasteiger partial charge in [-0.05, 0) is 52.8 Å². The van der Waals surface area contributed by atoms with E-state index >= 15 is 0 Å². The van der Waals surface area contributed by atoms with Gasteiger partial charge in [-0.25, -0.2) is 13.1 Å². The molecule has 1 aromatic heterocycles. The van der Waals surface area contributed by atoms with Crippen molar-refractivity contribution in [1.82, 2.24) is 23.9 Å². The Hall–Kier alpha value is -2.23. The lowest BCUT2D eigenvalue weighted by Crippen LogP contribution is -2.51. The van der Waals surface area contributed by atoms with Gasteiger partial charge in [-0.1, -0.05) is 17.7 Å². The molecule has 2 aromatic rings. The summed E-state index contributed by atoms with van der Waals surface area (Å²) in [6.07, 6.45) is 1.13. The Balaban J connectivity index is 1.48. The first kappa shape index (κ1) is 22.9. The van der Waals surface area contributed by atoms with E-state index in [9.17, 15) is 13.2 Å². The predicted octanol–water partition coefficient (Wildman–Crippen LogP) is 1.97. The van der Waals surface area contributed by atoms with Crippen LogP contribution in [0.4, 0.5) is 0 Å². The number of hydrogen-bond acceptors (Lipinski definition) is 5. The second-order valence-corrected chi connectivity index (χ2v) is 10.9. The van der Waals surface area contributed by atoms with Gasteiger partial charge in [-0.15, -0.1) is 0 Å². The minimum Gasteiger partial charge on any atom is -0.340 e. The number of piperazine rings is 1. The number of carbonyl (C=O) groups is 1. The summed E-state index contributed by atoms with van der Waals surface area (Å²) >= 11 is 0. The molecule has 3 heterocycles. The zero-order valence-electron chi connectivity index (χ0n) is 19.4. The first-order chi connectivity index (χ1) is 15.2. The summed E-state index contributed by atoms with van der Waals surface area (Å²) in [5.41, 5.74) is 3.09. The Morgan fingerprint density at radius 2 is 1.53 bits per heavy atom. The van der Waals surface area contributed by atoms with E-state index < -0.39 is 10.0 Å². The highest BCUT2D eigenvalue weighted by Gasteiger charge is 2.37. The van der Waals surface area contributed by atoms with Crippen LogP contribution >= 0.6 is 0 Å². The second kappa shape index (κ2) is 8.96. The Morgan fingerprint density at radius 1 is 0.938 bits per heavy atom. The molecule has 1 aromatic carbocycles. The molecule has 32 heavy (non-hydrogen) atoms. The maximum absolute atomic E-state index is 13.5. The second-order valence-electron chi connectivity index (χ2n) is 9.05. The highest BCUT2D eigenvalue weighted by molar-refractivity contribution is 7.89. The van der Waals surface area contributed by atoms with Crippen molar-refractivity contribution in [1.29, 1.82) is 0 Å². The first-order valence-electron chi connectivity index (χ1n) is 11.3. The van der Waals surface area contributed by atoms with Gasteiger partial charge in [0.05, 0.1) is 17.1 Å². The predicted molar refractivity (Wildman–Crippen MR) is 123 cm³/mol. The van der Waals surface area contributed by atoms with Crippen LogP contribution in [-0.2, 0) is 14.8 Å². The van der Waals surface area contributed by atoms with Gasteiger partial charge < -0.3 is 9.80 Å². The molecule has 0 atom stereocenters. The van der Waals surface area contributed by atoms with Crippen LogP contribution in [0.5, 0.6) is 0 Å². The number of piperidine rings is 1. The molecular formula is C23H33N5O3S. The molecule has 1 amide bonds. The Bertz CT molecular complexity index is 1080. The smallest absolute Gasteiger partial charge is 0.246 e. The fourth-order valence-electron chi connectivity index (χ4n) is 4.70. The molecule has 0 N–H and O–H groups in total. The molecule has 0 spiro atoms. The lowest BCUT2D eigenvalue weighted by molar-refractivity contribution is -0.138. The summed E-state index contributed by atoms with van der Waals surface area (Å²) in [6.45, 7) is 9.57. The third-order valence-corrected chi connectivity index (χ3v) is 8.87. The molecule has 0 bridgehead atoms. The van der Waals surface area contributed by atoms with Crippen molar-refractivity contribution < 1.29 is 13.2 Å². The van der Waals surface area contributed by atoms with Crippen molar-refractivity contribution in [3.05, 3.63) is 41.2 Å². The van der Waals surface area contributed by atoms with Crippen molar-refractivity contribution in [2.75, 3.05) is 46.3 Å². The van der Waals surface area contributed by atoms with E-state index in [0.29, 0.717) is 37.3 Å². The molecule has 0 radical (unpaired) electrons. The number of sulfonamides is 1.